The van der Waals surface area contributed by atoms with Crippen LogP contribution in [0.4, 0.5) is 0 Å². The molecular formula is C13H18BrClN4S. The fourth-order valence-electron chi connectivity index (χ4n) is 2.16. The molecule has 0 saturated heterocycles. The lowest BCUT2D eigenvalue weighted by Crippen LogP contribution is -2.29. The van der Waals surface area contributed by atoms with Crippen molar-refractivity contribution in [2.45, 2.75) is 39.3 Å². The van der Waals surface area contributed by atoms with Gasteiger partial charge in [0.2, 0.25) is 0 Å². The van der Waals surface area contributed by atoms with E-state index < -0.39 is 0 Å². The van der Waals surface area contributed by atoms with E-state index in [0.29, 0.717) is 0 Å². The normalized spacial score (nSPS) is 12.8. The molecule has 0 saturated carbocycles. The Morgan fingerprint density at radius 3 is 2.80 bits per heavy atom. The lowest BCUT2D eigenvalue weighted by atomic mass is 10.1. The molecule has 0 aliphatic rings. The van der Waals surface area contributed by atoms with Gasteiger partial charge in [-0.05, 0) is 35.3 Å². The van der Waals surface area contributed by atoms with Crippen LogP contribution in [0.1, 0.15) is 36.2 Å². The number of halogens is 2. The van der Waals surface area contributed by atoms with Crippen LogP contribution in [0.5, 0.6) is 0 Å². The summed E-state index contributed by atoms with van der Waals surface area (Å²) in [6, 6.07) is 2.12. The van der Waals surface area contributed by atoms with Crippen molar-refractivity contribution in [2.75, 3.05) is 0 Å². The second-order valence-corrected chi connectivity index (χ2v) is 6.70. The third-order valence-electron chi connectivity index (χ3n) is 3.22. The molecule has 2 aromatic heterocycles. The molecule has 3 N–H and O–H groups in total. The van der Waals surface area contributed by atoms with Crippen LogP contribution in [-0.2, 0) is 19.4 Å². The van der Waals surface area contributed by atoms with Gasteiger partial charge >= 0.3 is 0 Å². The van der Waals surface area contributed by atoms with Gasteiger partial charge in [0.05, 0.1) is 22.5 Å². The van der Waals surface area contributed by atoms with Gasteiger partial charge in [-0.2, -0.15) is 5.10 Å². The fraction of sp³-hybridized carbons (Fsp3) is 0.462. The third-order valence-corrected chi connectivity index (χ3v) is 5.47. The van der Waals surface area contributed by atoms with Gasteiger partial charge in [-0.1, -0.05) is 18.5 Å². The predicted octanol–water partition coefficient (Wildman–Crippen LogP) is 3.69. The highest BCUT2D eigenvalue weighted by Gasteiger charge is 2.20. The number of hydrogen-bond donors (Lipinski definition) is 2. The van der Waals surface area contributed by atoms with Crippen LogP contribution in [-0.4, -0.2) is 9.78 Å². The Hall–Kier alpha value is -0.400. The van der Waals surface area contributed by atoms with Crippen molar-refractivity contribution in [1.29, 1.82) is 0 Å². The molecule has 0 spiro atoms. The first-order valence-corrected chi connectivity index (χ1v) is 8.59. The zero-order valence-electron chi connectivity index (χ0n) is 11.5. The van der Waals surface area contributed by atoms with Crippen LogP contribution in [0, 0.1) is 0 Å². The van der Waals surface area contributed by atoms with Crippen LogP contribution < -0.4 is 11.3 Å². The number of nitrogens with one attached hydrogen (secondary N) is 1. The quantitative estimate of drug-likeness (QED) is 0.596. The molecule has 0 bridgehead atoms. The molecule has 0 radical (unpaired) electrons. The number of nitrogens with two attached hydrogens (primary N) is 1. The standard InChI is InChI=1S/C13H18BrClN4S/c1-3-9-13(15)11(19(4-2)18-9)6-10(17-16)12-5-8(14)7-20-12/h5,7,10,17H,3-4,6,16H2,1-2H3. The second kappa shape index (κ2) is 7.04. The molecule has 0 amide bonds. The topological polar surface area (TPSA) is 55.9 Å². The van der Waals surface area contributed by atoms with E-state index in [9.17, 15) is 0 Å². The molecule has 2 heterocycles. The largest absolute Gasteiger partial charge is 0.271 e. The number of nitrogens with zero attached hydrogens (tertiary/aromatic N) is 2. The number of rotatable bonds is 6. The zero-order valence-corrected chi connectivity index (χ0v) is 14.6. The number of hydrogen-bond acceptors (Lipinski definition) is 4. The van der Waals surface area contributed by atoms with Crippen LogP contribution in [0.15, 0.2) is 15.9 Å². The second-order valence-electron chi connectivity index (χ2n) is 4.47. The first-order valence-electron chi connectivity index (χ1n) is 6.54. The number of hydrazine groups is 1. The monoisotopic (exact) mass is 376 g/mol. The number of thiophene rings is 1. The lowest BCUT2D eigenvalue weighted by Gasteiger charge is -2.15. The molecule has 0 aromatic carbocycles. The summed E-state index contributed by atoms with van der Waals surface area (Å²) >= 11 is 11.6. The van der Waals surface area contributed by atoms with Crippen LogP contribution in [0.3, 0.4) is 0 Å². The molecule has 1 unspecified atom stereocenters. The third kappa shape index (κ3) is 3.26. The lowest BCUT2D eigenvalue weighted by molar-refractivity contribution is 0.522. The van der Waals surface area contributed by atoms with Crippen molar-refractivity contribution in [3.8, 4) is 0 Å². The van der Waals surface area contributed by atoms with E-state index in [1.807, 2.05) is 4.68 Å². The maximum Gasteiger partial charge on any atom is 0.0850 e. The van der Waals surface area contributed by atoms with Crippen molar-refractivity contribution in [1.82, 2.24) is 15.2 Å². The SMILES string of the molecule is CCc1nn(CC)c(CC(NN)c2cc(Br)cs2)c1Cl. The minimum atomic E-state index is 0.0375. The summed E-state index contributed by atoms with van der Waals surface area (Å²) < 4.78 is 3.04. The maximum atomic E-state index is 6.44. The van der Waals surface area contributed by atoms with Gasteiger partial charge in [0, 0.05) is 27.7 Å². The Balaban J connectivity index is 2.29. The van der Waals surface area contributed by atoms with E-state index in [4.69, 9.17) is 17.4 Å². The van der Waals surface area contributed by atoms with Crippen molar-refractivity contribution in [2.24, 2.45) is 5.84 Å². The molecule has 4 nitrogen and oxygen atoms in total. The Bertz CT molecular complexity index is 581. The fourth-order valence-corrected chi connectivity index (χ4v) is 4.01. The predicted molar refractivity (Wildman–Crippen MR) is 88.1 cm³/mol. The highest BCUT2D eigenvalue weighted by molar-refractivity contribution is 9.10. The molecule has 7 heteroatoms. The zero-order chi connectivity index (χ0) is 14.7. The summed E-state index contributed by atoms with van der Waals surface area (Å²) in [6.45, 7) is 4.94. The van der Waals surface area contributed by atoms with Crippen molar-refractivity contribution in [3.05, 3.63) is 37.2 Å². The molecule has 0 fully saturated rings. The van der Waals surface area contributed by atoms with Crippen molar-refractivity contribution in [3.63, 3.8) is 0 Å². The van der Waals surface area contributed by atoms with Crippen molar-refractivity contribution >= 4 is 38.9 Å². The summed E-state index contributed by atoms with van der Waals surface area (Å²) in [5.41, 5.74) is 4.87. The highest BCUT2D eigenvalue weighted by atomic mass is 79.9. The molecule has 0 aliphatic carbocycles. The summed E-state index contributed by atoms with van der Waals surface area (Å²) in [5.74, 6) is 5.71. The molecule has 2 aromatic rings. The maximum absolute atomic E-state index is 6.44. The van der Waals surface area contributed by atoms with E-state index in [2.05, 4.69) is 51.7 Å². The Labute approximate surface area is 136 Å². The van der Waals surface area contributed by atoms with E-state index in [1.165, 1.54) is 4.88 Å². The van der Waals surface area contributed by atoms with Gasteiger partial charge in [-0.25, -0.2) is 0 Å². The van der Waals surface area contributed by atoms with Gasteiger partial charge in [0.1, 0.15) is 0 Å². The summed E-state index contributed by atoms with van der Waals surface area (Å²) in [7, 11) is 0. The highest BCUT2D eigenvalue weighted by Crippen LogP contribution is 2.30. The average molecular weight is 378 g/mol. The minimum Gasteiger partial charge on any atom is -0.271 e. The summed E-state index contributed by atoms with van der Waals surface area (Å²) in [4.78, 5) is 1.18. The molecule has 1 atom stereocenters. The van der Waals surface area contributed by atoms with E-state index >= 15 is 0 Å². The Morgan fingerprint density at radius 2 is 2.30 bits per heavy atom. The van der Waals surface area contributed by atoms with Crippen LogP contribution >= 0.6 is 38.9 Å². The summed E-state index contributed by atoms with van der Waals surface area (Å²) in [5, 5.41) is 7.36. The van der Waals surface area contributed by atoms with Gasteiger partial charge in [-0.15, -0.1) is 11.3 Å². The number of aryl methyl sites for hydroxylation is 2. The van der Waals surface area contributed by atoms with E-state index in [0.717, 1.165) is 40.3 Å². The van der Waals surface area contributed by atoms with Gasteiger partial charge in [-0.3, -0.25) is 16.0 Å². The molecule has 2 rings (SSSR count). The Morgan fingerprint density at radius 1 is 1.55 bits per heavy atom. The smallest absolute Gasteiger partial charge is 0.0850 e. The van der Waals surface area contributed by atoms with Crippen molar-refractivity contribution < 1.29 is 0 Å². The Kier molecular flexibility index (Phi) is 5.63. The first-order chi connectivity index (χ1) is 9.60. The number of aromatic nitrogens is 2. The van der Waals surface area contributed by atoms with E-state index in [1.54, 1.807) is 11.3 Å². The molecule has 20 heavy (non-hydrogen) atoms. The summed E-state index contributed by atoms with van der Waals surface area (Å²) in [6.07, 6.45) is 1.56. The molecular weight excluding hydrogens is 360 g/mol. The molecule has 0 aliphatic heterocycles. The minimum absolute atomic E-state index is 0.0375. The average Bonchev–Trinajstić information content (AvgIpc) is 3.00. The van der Waals surface area contributed by atoms with E-state index in [-0.39, 0.29) is 6.04 Å². The first kappa shape index (κ1) is 16.0. The molecule has 110 valence electrons. The van der Waals surface area contributed by atoms with Crippen LogP contribution in [0.2, 0.25) is 5.02 Å². The van der Waals surface area contributed by atoms with Gasteiger partial charge in [0.15, 0.2) is 0 Å². The van der Waals surface area contributed by atoms with Gasteiger partial charge < -0.3 is 0 Å². The van der Waals surface area contributed by atoms with Crippen LogP contribution in [0.25, 0.3) is 0 Å². The van der Waals surface area contributed by atoms with Gasteiger partial charge in [0.25, 0.3) is 0 Å².